The molecular formula is C22H23N5O2S. The van der Waals surface area contributed by atoms with E-state index in [1.165, 1.54) is 17.5 Å². The number of hydrogen-bond acceptors (Lipinski definition) is 5. The Morgan fingerprint density at radius 3 is 2.33 bits per heavy atom. The normalized spacial score (nSPS) is 12.8. The maximum Gasteiger partial charge on any atom is 0.269 e. The molecule has 4 rings (SSSR count). The van der Waals surface area contributed by atoms with Crippen LogP contribution in [0, 0.1) is 0 Å². The molecule has 0 fully saturated rings. The molecule has 0 aliphatic heterocycles. The first-order chi connectivity index (χ1) is 14.6. The fraction of sp³-hybridized carbons (Fsp3) is 0.273. The average molecular weight is 422 g/mol. The molecule has 3 aromatic rings. The van der Waals surface area contributed by atoms with E-state index in [0.717, 1.165) is 35.7 Å². The van der Waals surface area contributed by atoms with Gasteiger partial charge in [0.05, 0.1) is 0 Å². The smallest absolute Gasteiger partial charge is 0.269 e. The van der Waals surface area contributed by atoms with E-state index < -0.39 is 0 Å². The van der Waals surface area contributed by atoms with Gasteiger partial charge in [-0.25, -0.2) is 0 Å². The molecule has 0 unspecified atom stereocenters. The highest BCUT2D eigenvalue weighted by atomic mass is 32.2. The molecule has 1 heterocycles. The lowest BCUT2D eigenvalue weighted by molar-refractivity contribution is 0.0846. The van der Waals surface area contributed by atoms with E-state index in [1.807, 2.05) is 41.9 Å². The van der Waals surface area contributed by atoms with Crippen LogP contribution in [0.25, 0.3) is 0 Å². The summed E-state index contributed by atoms with van der Waals surface area (Å²) in [7, 11) is 1.90. The minimum atomic E-state index is -0.353. The van der Waals surface area contributed by atoms with Crippen molar-refractivity contribution >= 4 is 23.6 Å². The van der Waals surface area contributed by atoms with Crippen LogP contribution in [0.5, 0.6) is 0 Å². The zero-order valence-electron chi connectivity index (χ0n) is 16.7. The fourth-order valence-corrected chi connectivity index (χ4v) is 4.28. The molecule has 1 aliphatic carbocycles. The van der Waals surface area contributed by atoms with Gasteiger partial charge in [-0.05, 0) is 66.6 Å². The average Bonchev–Trinajstić information content (AvgIpc) is 3.20. The van der Waals surface area contributed by atoms with Gasteiger partial charge in [0.2, 0.25) is 0 Å². The van der Waals surface area contributed by atoms with Crippen molar-refractivity contribution in [3.05, 3.63) is 76.6 Å². The van der Waals surface area contributed by atoms with Crippen LogP contribution in [-0.2, 0) is 25.6 Å². The summed E-state index contributed by atoms with van der Waals surface area (Å²) in [6.07, 6.45) is 6.09. The highest BCUT2D eigenvalue weighted by molar-refractivity contribution is 7.98. The number of hydrogen-bond donors (Lipinski definition) is 2. The first-order valence-corrected chi connectivity index (χ1v) is 10.9. The molecule has 7 nitrogen and oxygen atoms in total. The van der Waals surface area contributed by atoms with Crippen LogP contribution in [0.4, 0.5) is 0 Å². The number of benzene rings is 2. The number of hydrazine groups is 1. The first kappa shape index (κ1) is 20.2. The standard InChI is InChI=1S/C22H23N5O2S/c1-27-14-23-26-22(27)30-13-15-6-8-17(9-7-15)20(28)24-25-21(29)19-11-10-16-4-2-3-5-18(16)12-19/h6-12,14H,2-5,13H2,1H3,(H,24,28)(H,25,29). The highest BCUT2D eigenvalue weighted by Crippen LogP contribution is 2.22. The number of aryl methyl sites for hydroxylation is 3. The summed E-state index contributed by atoms with van der Waals surface area (Å²) in [5.74, 6) is 0.0611. The van der Waals surface area contributed by atoms with Crippen LogP contribution in [0.2, 0.25) is 0 Å². The molecule has 2 N–H and O–H groups in total. The maximum atomic E-state index is 12.4. The SMILES string of the molecule is Cn1cnnc1SCc1ccc(C(=O)NNC(=O)c2ccc3c(c2)CCCC3)cc1. The molecule has 0 saturated carbocycles. The Bertz CT molecular complexity index is 1060. The van der Waals surface area contributed by atoms with E-state index in [1.54, 1.807) is 30.2 Å². The molecule has 0 spiro atoms. The molecule has 8 heteroatoms. The second-order valence-electron chi connectivity index (χ2n) is 7.31. The van der Waals surface area contributed by atoms with E-state index in [2.05, 4.69) is 21.0 Å². The van der Waals surface area contributed by atoms with Crippen molar-refractivity contribution in [1.29, 1.82) is 0 Å². The molecule has 30 heavy (non-hydrogen) atoms. The topological polar surface area (TPSA) is 88.9 Å². The van der Waals surface area contributed by atoms with Gasteiger partial charge < -0.3 is 4.57 Å². The summed E-state index contributed by atoms with van der Waals surface area (Å²) < 4.78 is 1.86. The summed E-state index contributed by atoms with van der Waals surface area (Å²) in [4.78, 5) is 24.8. The molecule has 1 aliphatic rings. The van der Waals surface area contributed by atoms with Gasteiger partial charge in [0, 0.05) is 23.9 Å². The zero-order chi connectivity index (χ0) is 20.9. The third-order valence-corrected chi connectivity index (χ3v) is 6.26. The van der Waals surface area contributed by atoms with E-state index >= 15 is 0 Å². The van der Waals surface area contributed by atoms with E-state index in [4.69, 9.17) is 0 Å². The molecule has 0 atom stereocenters. The summed E-state index contributed by atoms with van der Waals surface area (Å²) >= 11 is 1.57. The Morgan fingerprint density at radius 2 is 1.63 bits per heavy atom. The van der Waals surface area contributed by atoms with Gasteiger partial charge in [0.25, 0.3) is 11.8 Å². The monoisotopic (exact) mass is 421 g/mol. The summed E-state index contributed by atoms with van der Waals surface area (Å²) in [6.45, 7) is 0. The minimum absolute atomic E-state index is 0.312. The van der Waals surface area contributed by atoms with Crippen LogP contribution in [0.15, 0.2) is 53.9 Å². The number of carbonyl (C=O) groups excluding carboxylic acids is 2. The third kappa shape index (κ3) is 4.71. The van der Waals surface area contributed by atoms with Gasteiger partial charge >= 0.3 is 0 Å². The van der Waals surface area contributed by atoms with Gasteiger partial charge in [-0.15, -0.1) is 10.2 Å². The zero-order valence-corrected chi connectivity index (χ0v) is 17.5. The van der Waals surface area contributed by atoms with Crippen molar-refractivity contribution in [2.24, 2.45) is 7.05 Å². The summed E-state index contributed by atoms with van der Waals surface area (Å²) in [5.41, 5.74) is 9.66. The lowest BCUT2D eigenvalue weighted by Gasteiger charge is -2.16. The van der Waals surface area contributed by atoms with Crippen molar-refractivity contribution in [2.75, 3.05) is 0 Å². The second-order valence-corrected chi connectivity index (χ2v) is 8.25. The van der Waals surface area contributed by atoms with Gasteiger partial charge in [0.1, 0.15) is 6.33 Å². The fourth-order valence-electron chi connectivity index (χ4n) is 3.44. The Hall–Kier alpha value is -3.13. The number of nitrogens with zero attached hydrogens (tertiary/aromatic N) is 3. The predicted octanol–water partition coefficient (Wildman–Crippen LogP) is 3.06. The molecule has 2 aromatic carbocycles. The van der Waals surface area contributed by atoms with Gasteiger partial charge in [-0.3, -0.25) is 20.4 Å². The molecule has 0 radical (unpaired) electrons. The van der Waals surface area contributed by atoms with Crippen LogP contribution >= 0.6 is 11.8 Å². The van der Waals surface area contributed by atoms with Crippen LogP contribution in [0.3, 0.4) is 0 Å². The number of thioether (sulfide) groups is 1. The van der Waals surface area contributed by atoms with Crippen LogP contribution < -0.4 is 10.9 Å². The van der Waals surface area contributed by atoms with Crippen molar-refractivity contribution in [3.8, 4) is 0 Å². The Kier molecular flexibility index (Phi) is 6.13. The van der Waals surface area contributed by atoms with E-state index in [9.17, 15) is 9.59 Å². The molecular weight excluding hydrogens is 398 g/mol. The molecule has 0 bridgehead atoms. The molecule has 2 amide bonds. The molecule has 154 valence electrons. The Morgan fingerprint density at radius 1 is 0.967 bits per heavy atom. The number of fused-ring (bicyclic) bond motifs is 1. The lowest BCUT2D eigenvalue weighted by Crippen LogP contribution is -2.41. The highest BCUT2D eigenvalue weighted by Gasteiger charge is 2.14. The Labute approximate surface area is 179 Å². The lowest BCUT2D eigenvalue weighted by atomic mass is 9.90. The van der Waals surface area contributed by atoms with E-state index in [0.29, 0.717) is 11.1 Å². The predicted molar refractivity (Wildman–Crippen MR) is 115 cm³/mol. The number of carbonyl (C=O) groups is 2. The summed E-state index contributed by atoms with van der Waals surface area (Å²) in [6, 6.07) is 13.0. The van der Waals surface area contributed by atoms with Crippen LogP contribution in [-0.4, -0.2) is 26.6 Å². The number of rotatable bonds is 5. The Balaban J connectivity index is 1.30. The van der Waals surface area contributed by atoms with Crippen molar-refractivity contribution in [2.45, 2.75) is 36.6 Å². The maximum absolute atomic E-state index is 12.4. The van der Waals surface area contributed by atoms with Crippen molar-refractivity contribution in [3.63, 3.8) is 0 Å². The largest absolute Gasteiger partial charge is 0.312 e. The quantitative estimate of drug-likeness (QED) is 0.488. The van der Waals surface area contributed by atoms with Crippen LogP contribution in [0.1, 0.15) is 50.2 Å². The van der Waals surface area contributed by atoms with Gasteiger partial charge in [0.15, 0.2) is 5.16 Å². The number of amides is 2. The third-order valence-electron chi connectivity index (χ3n) is 5.15. The minimum Gasteiger partial charge on any atom is -0.312 e. The van der Waals surface area contributed by atoms with Crippen molar-refractivity contribution in [1.82, 2.24) is 25.6 Å². The van der Waals surface area contributed by atoms with Crippen molar-refractivity contribution < 1.29 is 9.59 Å². The van der Waals surface area contributed by atoms with Gasteiger partial charge in [-0.1, -0.05) is 30.0 Å². The van der Waals surface area contributed by atoms with Gasteiger partial charge in [-0.2, -0.15) is 0 Å². The van der Waals surface area contributed by atoms with E-state index in [-0.39, 0.29) is 11.8 Å². The summed E-state index contributed by atoms with van der Waals surface area (Å²) in [5, 5.41) is 8.73. The number of aromatic nitrogens is 3. The molecule has 1 aromatic heterocycles. The second kappa shape index (κ2) is 9.13. The number of nitrogens with one attached hydrogen (secondary N) is 2. The first-order valence-electron chi connectivity index (χ1n) is 9.88. The molecule has 0 saturated heterocycles.